The predicted molar refractivity (Wildman–Crippen MR) is 135 cm³/mol. The molecule has 0 aliphatic heterocycles. The number of hydrogen-bond donors (Lipinski definition) is 1. The molecular formula is C30H35NO4. The molecule has 4 unspecified atom stereocenters. The first-order valence-electron chi connectivity index (χ1n) is 12.6. The maximum Gasteiger partial charge on any atom is 0.310 e. The van der Waals surface area contributed by atoms with Crippen molar-refractivity contribution in [1.29, 1.82) is 5.26 Å². The van der Waals surface area contributed by atoms with Gasteiger partial charge < -0.3 is 5.11 Å². The van der Waals surface area contributed by atoms with Crippen LogP contribution in [-0.2, 0) is 27.2 Å². The van der Waals surface area contributed by atoms with Crippen molar-refractivity contribution in [3.05, 3.63) is 70.8 Å². The van der Waals surface area contributed by atoms with Crippen molar-refractivity contribution in [2.24, 2.45) is 11.8 Å². The van der Waals surface area contributed by atoms with Crippen LogP contribution in [0.5, 0.6) is 0 Å². The van der Waals surface area contributed by atoms with Gasteiger partial charge in [0.25, 0.3) is 0 Å². The summed E-state index contributed by atoms with van der Waals surface area (Å²) in [7, 11) is 0. The number of ketones is 2. The van der Waals surface area contributed by atoms with E-state index in [0.717, 1.165) is 68.1 Å². The highest BCUT2D eigenvalue weighted by atomic mass is 16.4. The molecule has 35 heavy (non-hydrogen) atoms. The van der Waals surface area contributed by atoms with Gasteiger partial charge in [-0.15, -0.1) is 0 Å². The standard InChI is InChI=1S/C15H17NO.C15H18O3/c1-11(10-16)13-7-5-12(6-8-13)9-14-3-2-4-15(14)17;1-10(15(17)18)12-7-5-11(6-8-12)9-13-3-2-4-14(13)16/h5-8,11,14H,2-4,9H2,1H3;5-8,10,13H,2-4,9H2,1H3,(H,17,18). The zero-order valence-corrected chi connectivity index (χ0v) is 20.7. The van der Waals surface area contributed by atoms with Gasteiger partial charge >= 0.3 is 5.97 Å². The van der Waals surface area contributed by atoms with Gasteiger partial charge in [0.2, 0.25) is 0 Å². The second kappa shape index (κ2) is 12.4. The molecule has 2 aromatic carbocycles. The Morgan fingerprint density at radius 3 is 1.63 bits per heavy atom. The Bertz CT molecular complexity index is 1070. The number of hydrogen-bond acceptors (Lipinski definition) is 4. The highest BCUT2D eigenvalue weighted by Gasteiger charge is 2.25. The van der Waals surface area contributed by atoms with Gasteiger partial charge in [0.15, 0.2) is 0 Å². The maximum atomic E-state index is 11.6. The minimum atomic E-state index is -0.811. The summed E-state index contributed by atoms with van der Waals surface area (Å²) in [6.45, 7) is 3.58. The fourth-order valence-corrected chi connectivity index (χ4v) is 4.88. The summed E-state index contributed by atoms with van der Waals surface area (Å²) in [6.07, 6.45) is 7.22. The molecular weight excluding hydrogens is 438 g/mol. The number of carboxylic acids is 1. The molecule has 1 N–H and O–H groups in total. The molecule has 0 amide bonds. The molecule has 4 rings (SSSR count). The molecule has 0 bridgehead atoms. The SMILES string of the molecule is CC(C#N)c1ccc(CC2CCCC2=O)cc1.CC(C(=O)O)c1ccc(CC2CCCC2=O)cc1. The van der Waals surface area contributed by atoms with E-state index in [0.29, 0.717) is 11.6 Å². The fourth-order valence-electron chi connectivity index (χ4n) is 4.88. The largest absolute Gasteiger partial charge is 0.481 e. The van der Waals surface area contributed by atoms with E-state index in [-0.39, 0.29) is 17.8 Å². The third-order valence-corrected chi connectivity index (χ3v) is 7.35. The van der Waals surface area contributed by atoms with E-state index in [1.807, 2.05) is 43.3 Å². The van der Waals surface area contributed by atoms with Crippen LogP contribution in [0.2, 0.25) is 0 Å². The number of rotatable bonds is 7. The first-order chi connectivity index (χ1) is 16.8. The second-order valence-electron chi connectivity index (χ2n) is 9.91. The molecule has 0 saturated heterocycles. The van der Waals surface area contributed by atoms with E-state index >= 15 is 0 Å². The van der Waals surface area contributed by atoms with Crippen molar-refractivity contribution in [1.82, 2.24) is 0 Å². The lowest BCUT2D eigenvalue weighted by Crippen LogP contribution is -2.10. The minimum Gasteiger partial charge on any atom is -0.481 e. The van der Waals surface area contributed by atoms with Crippen LogP contribution >= 0.6 is 0 Å². The molecule has 0 radical (unpaired) electrons. The lowest BCUT2D eigenvalue weighted by atomic mass is 9.94. The lowest BCUT2D eigenvalue weighted by molar-refractivity contribution is -0.138. The van der Waals surface area contributed by atoms with E-state index in [1.165, 1.54) is 5.56 Å². The zero-order chi connectivity index (χ0) is 25.4. The summed E-state index contributed by atoms with van der Waals surface area (Å²) in [5, 5.41) is 17.8. The fraction of sp³-hybridized carbons (Fsp3) is 0.467. The molecule has 4 atom stereocenters. The second-order valence-corrected chi connectivity index (χ2v) is 9.91. The molecule has 2 aromatic rings. The van der Waals surface area contributed by atoms with E-state index in [1.54, 1.807) is 6.92 Å². The molecule has 184 valence electrons. The molecule has 2 aliphatic carbocycles. The quantitative estimate of drug-likeness (QED) is 0.531. The number of benzene rings is 2. The van der Waals surface area contributed by atoms with Gasteiger partial charge in [-0.2, -0.15) is 5.26 Å². The van der Waals surface area contributed by atoms with Crippen LogP contribution in [0.4, 0.5) is 0 Å². The van der Waals surface area contributed by atoms with Gasteiger partial charge in [-0.3, -0.25) is 14.4 Å². The van der Waals surface area contributed by atoms with Crippen molar-refractivity contribution in [3.8, 4) is 6.07 Å². The third-order valence-electron chi connectivity index (χ3n) is 7.35. The summed E-state index contributed by atoms with van der Waals surface area (Å²) in [5.41, 5.74) is 4.19. The van der Waals surface area contributed by atoms with Crippen LogP contribution in [0.25, 0.3) is 0 Å². The normalized spacial score (nSPS) is 21.1. The highest BCUT2D eigenvalue weighted by molar-refractivity contribution is 5.83. The van der Waals surface area contributed by atoms with Crippen LogP contribution in [0.1, 0.15) is 86.5 Å². The van der Waals surface area contributed by atoms with Crippen LogP contribution in [0, 0.1) is 23.2 Å². The van der Waals surface area contributed by atoms with E-state index < -0.39 is 11.9 Å². The van der Waals surface area contributed by atoms with Crippen molar-refractivity contribution in [3.63, 3.8) is 0 Å². The Hall–Kier alpha value is -3.26. The molecule has 0 spiro atoms. The number of nitriles is 1. The number of nitrogens with zero attached hydrogens (tertiary/aromatic N) is 1. The smallest absolute Gasteiger partial charge is 0.310 e. The first-order valence-corrected chi connectivity index (χ1v) is 12.6. The topological polar surface area (TPSA) is 95.2 Å². The predicted octanol–water partition coefficient (Wildman–Crippen LogP) is 6.01. The van der Waals surface area contributed by atoms with Gasteiger partial charge in [0.1, 0.15) is 11.6 Å². The van der Waals surface area contributed by atoms with Gasteiger partial charge in [0.05, 0.1) is 17.9 Å². The maximum absolute atomic E-state index is 11.6. The van der Waals surface area contributed by atoms with Crippen LogP contribution in [0.15, 0.2) is 48.5 Å². The van der Waals surface area contributed by atoms with E-state index in [4.69, 9.17) is 10.4 Å². The molecule has 5 heteroatoms. The van der Waals surface area contributed by atoms with Gasteiger partial charge in [0, 0.05) is 24.7 Å². The Morgan fingerprint density at radius 1 is 0.857 bits per heavy atom. The van der Waals surface area contributed by atoms with Crippen molar-refractivity contribution < 1.29 is 19.5 Å². The number of carbonyl (C=O) groups is 3. The Morgan fingerprint density at radius 2 is 1.29 bits per heavy atom. The zero-order valence-electron chi connectivity index (χ0n) is 20.7. The minimum absolute atomic E-state index is 0.0582. The summed E-state index contributed by atoms with van der Waals surface area (Å²) in [4.78, 5) is 34.0. The van der Waals surface area contributed by atoms with Crippen molar-refractivity contribution in [2.45, 2.75) is 77.0 Å². The summed E-state index contributed by atoms with van der Waals surface area (Å²) in [5.74, 6) is -0.155. The number of carboxylic acid groups (broad SMARTS) is 1. The van der Waals surface area contributed by atoms with E-state index in [9.17, 15) is 14.4 Å². The molecule has 2 aliphatic rings. The lowest BCUT2D eigenvalue weighted by Gasteiger charge is -2.10. The van der Waals surface area contributed by atoms with Gasteiger partial charge in [-0.25, -0.2) is 0 Å². The van der Waals surface area contributed by atoms with E-state index in [2.05, 4.69) is 18.2 Å². The van der Waals surface area contributed by atoms with Crippen LogP contribution in [-0.4, -0.2) is 22.6 Å². The van der Waals surface area contributed by atoms with Crippen molar-refractivity contribution >= 4 is 17.5 Å². The summed E-state index contributed by atoms with van der Waals surface area (Å²) in [6, 6.07) is 17.9. The molecule has 2 saturated carbocycles. The monoisotopic (exact) mass is 473 g/mol. The average Bonchev–Trinajstić information content (AvgIpc) is 3.46. The first kappa shape index (κ1) is 26.3. The van der Waals surface area contributed by atoms with Crippen molar-refractivity contribution in [2.75, 3.05) is 0 Å². The Balaban J connectivity index is 0.000000196. The molecule has 5 nitrogen and oxygen atoms in total. The summed E-state index contributed by atoms with van der Waals surface area (Å²) >= 11 is 0. The number of Topliss-reactive ketones (excluding diaryl/α,β-unsaturated/α-hetero) is 2. The highest BCUT2D eigenvalue weighted by Crippen LogP contribution is 2.27. The summed E-state index contributed by atoms with van der Waals surface area (Å²) < 4.78 is 0. The number of aliphatic carboxylic acids is 1. The van der Waals surface area contributed by atoms with Gasteiger partial charge in [-0.05, 0) is 74.6 Å². The molecule has 0 aromatic heterocycles. The number of carbonyl (C=O) groups excluding carboxylic acids is 2. The average molecular weight is 474 g/mol. The Labute approximate surface area is 208 Å². The third kappa shape index (κ3) is 7.36. The van der Waals surface area contributed by atoms with Crippen LogP contribution in [0.3, 0.4) is 0 Å². The van der Waals surface area contributed by atoms with Gasteiger partial charge in [-0.1, -0.05) is 48.5 Å². The molecule has 0 heterocycles. The Kier molecular flexibility index (Phi) is 9.37. The van der Waals surface area contributed by atoms with Crippen LogP contribution < -0.4 is 0 Å². The molecule has 2 fully saturated rings.